The average Bonchev–Trinajstić information content (AvgIpc) is 2.97. The van der Waals surface area contributed by atoms with Gasteiger partial charge in [-0.25, -0.2) is 0 Å². The molecule has 0 nitrogen and oxygen atoms in total. The molecule has 0 saturated heterocycles. The standard InChI is InChI=1S/C22H20/c1-14-7-6-12-19-20(14)13-21-17-10-3-2-8-15(17)16-9-4-5-11-18(16)22(19)21/h2-5,7-11,19-20H,6,12-13H2,1H3. The minimum Gasteiger partial charge on any atom is -0.0853 e. The summed E-state index contributed by atoms with van der Waals surface area (Å²) in [6, 6.07) is 18.0. The maximum atomic E-state index is 2.47. The molecule has 2 aliphatic carbocycles. The van der Waals surface area contributed by atoms with Gasteiger partial charge in [0, 0.05) is 0 Å². The van der Waals surface area contributed by atoms with Crippen molar-refractivity contribution in [2.24, 2.45) is 5.92 Å². The molecule has 2 unspecified atom stereocenters. The van der Waals surface area contributed by atoms with Crippen LogP contribution < -0.4 is 0 Å². The lowest BCUT2D eigenvalue weighted by Crippen LogP contribution is -2.13. The Morgan fingerprint density at radius 3 is 2.18 bits per heavy atom. The van der Waals surface area contributed by atoms with Gasteiger partial charge in [0.15, 0.2) is 0 Å². The molecule has 22 heavy (non-hydrogen) atoms. The Morgan fingerprint density at radius 1 is 0.773 bits per heavy atom. The normalized spacial score (nSPS) is 23.4. The first-order valence-corrected chi connectivity index (χ1v) is 8.43. The summed E-state index contributed by atoms with van der Waals surface area (Å²) < 4.78 is 0. The van der Waals surface area contributed by atoms with Gasteiger partial charge < -0.3 is 0 Å². The Bertz CT molecular complexity index is 929. The molecule has 0 heterocycles. The minimum atomic E-state index is 0.731. The van der Waals surface area contributed by atoms with Gasteiger partial charge in [-0.2, -0.15) is 0 Å². The number of hydrogen-bond acceptors (Lipinski definition) is 0. The second-order valence-corrected chi connectivity index (χ2v) is 6.93. The molecule has 2 aliphatic rings. The van der Waals surface area contributed by atoms with Crippen LogP contribution in [0.5, 0.6) is 0 Å². The van der Waals surface area contributed by atoms with E-state index in [1.165, 1.54) is 40.8 Å². The Morgan fingerprint density at radius 2 is 1.41 bits per heavy atom. The third-order valence-corrected chi connectivity index (χ3v) is 5.89. The fourth-order valence-corrected chi connectivity index (χ4v) is 4.91. The van der Waals surface area contributed by atoms with E-state index < -0.39 is 0 Å². The van der Waals surface area contributed by atoms with Gasteiger partial charge in [-0.05, 0) is 70.7 Å². The van der Waals surface area contributed by atoms with Gasteiger partial charge in [0.2, 0.25) is 0 Å². The van der Waals surface area contributed by atoms with Crippen molar-refractivity contribution < 1.29 is 0 Å². The Kier molecular flexibility index (Phi) is 2.52. The topological polar surface area (TPSA) is 0 Å². The quantitative estimate of drug-likeness (QED) is 0.351. The van der Waals surface area contributed by atoms with Crippen molar-refractivity contribution in [3.63, 3.8) is 0 Å². The predicted molar refractivity (Wildman–Crippen MR) is 94.4 cm³/mol. The predicted octanol–water partition coefficient (Wildman–Crippen LogP) is 5.99. The van der Waals surface area contributed by atoms with Crippen molar-refractivity contribution in [1.82, 2.24) is 0 Å². The van der Waals surface area contributed by atoms with Crippen molar-refractivity contribution in [3.8, 4) is 0 Å². The molecule has 0 spiro atoms. The molecule has 0 saturated carbocycles. The molecule has 0 heteroatoms. The molecular weight excluding hydrogens is 264 g/mol. The van der Waals surface area contributed by atoms with Crippen LogP contribution in [0.15, 0.2) is 60.2 Å². The molecule has 108 valence electrons. The molecule has 0 radical (unpaired) electrons. The van der Waals surface area contributed by atoms with Crippen LogP contribution >= 0.6 is 0 Å². The van der Waals surface area contributed by atoms with Crippen LogP contribution in [-0.4, -0.2) is 0 Å². The first-order valence-electron chi connectivity index (χ1n) is 8.43. The van der Waals surface area contributed by atoms with Crippen LogP contribution in [0, 0.1) is 5.92 Å². The minimum absolute atomic E-state index is 0.731. The lowest BCUT2D eigenvalue weighted by atomic mass is 9.78. The lowest BCUT2D eigenvalue weighted by Gasteiger charge is -2.26. The first-order chi connectivity index (χ1) is 10.8. The maximum Gasteiger partial charge on any atom is -0.00812 e. The Labute approximate surface area is 131 Å². The third kappa shape index (κ3) is 1.53. The first kappa shape index (κ1) is 12.5. The SMILES string of the molecule is CC1=CCCC2c3c(c4ccccc4c4ccccc34)CC12. The number of benzene rings is 3. The smallest absolute Gasteiger partial charge is 0.00812 e. The number of allylic oxidation sites excluding steroid dienone is 2. The fourth-order valence-electron chi connectivity index (χ4n) is 4.91. The summed E-state index contributed by atoms with van der Waals surface area (Å²) in [6.07, 6.45) is 6.26. The monoisotopic (exact) mass is 284 g/mol. The number of hydrogen-bond donors (Lipinski definition) is 0. The van der Waals surface area contributed by atoms with Gasteiger partial charge in [0.05, 0.1) is 0 Å². The molecule has 5 rings (SSSR count). The molecule has 3 aromatic carbocycles. The zero-order valence-corrected chi connectivity index (χ0v) is 13.0. The second kappa shape index (κ2) is 4.46. The molecule has 3 aromatic rings. The highest BCUT2D eigenvalue weighted by atomic mass is 14.4. The average molecular weight is 284 g/mol. The summed E-state index contributed by atoms with van der Waals surface area (Å²) in [5.74, 6) is 1.47. The van der Waals surface area contributed by atoms with E-state index in [1.54, 1.807) is 16.7 Å². The number of rotatable bonds is 0. The van der Waals surface area contributed by atoms with E-state index in [2.05, 4.69) is 61.5 Å². The fraction of sp³-hybridized carbons (Fsp3) is 0.273. The molecular formula is C22H20. The molecule has 0 amide bonds. The summed E-state index contributed by atoms with van der Waals surface area (Å²) >= 11 is 0. The van der Waals surface area contributed by atoms with Gasteiger partial charge in [0.25, 0.3) is 0 Å². The molecule has 2 atom stereocenters. The summed E-state index contributed by atoms with van der Waals surface area (Å²) in [7, 11) is 0. The van der Waals surface area contributed by atoms with Crippen LogP contribution in [-0.2, 0) is 6.42 Å². The molecule has 0 fully saturated rings. The summed E-state index contributed by atoms with van der Waals surface area (Å²) in [6.45, 7) is 2.34. The van der Waals surface area contributed by atoms with E-state index in [-0.39, 0.29) is 0 Å². The van der Waals surface area contributed by atoms with Crippen LogP contribution in [0.4, 0.5) is 0 Å². The molecule has 0 aliphatic heterocycles. The van der Waals surface area contributed by atoms with Gasteiger partial charge in [-0.15, -0.1) is 0 Å². The van der Waals surface area contributed by atoms with Gasteiger partial charge in [0.1, 0.15) is 0 Å². The van der Waals surface area contributed by atoms with Gasteiger partial charge in [-0.3, -0.25) is 0 Å². The van der Waals surface area contributed by atoms with E-state index in [4.69, 9.17) is 0 Å². The van der Waals surface area contributed by atoms with E-state index in [1.807, 2.05) is 0 Å². The number of fused-ring (bicyclic) bond motifs is 8. The summed E-state index contributed by atoms with van der Waals surface area (Å²) in [4.78, 5) is 0. The van der Waals surface area contributed by atoms with E-state index in [0.29, 0.717) is 0 Å². The van der Waals surface area contributed by atoms with Crippen molar-refractivity contribution >= 4 is 21.5 Å². The third-order valence-electron chi connectivity index (χ3n) is 5.89. The molecule has 0 N–H and O–H groups in total. The molecule has 0 bridgehead atoms. The van der Waals surface area contributed by atoms with Crippen molar-refractivity contribution in [1.29, 1.82) is 0 Å². The van der Waals surface area contributed by atoms with Gasteiger partial charge >= 0.3 is 0 Å². The maximum absolute atomic E-state index is 2.47. The highest BCUT2D eigenvalue weighted by molar-refractivity contribution is 6.11. The lowest BCUT2D eigenvalue weighted by molar-refractivity contribution is 0.472. The summed E-state index contributed by atoms with van der Waals surface area (Å²) in [5.41, 5.74) is 4.89. The van der Waals surface area contributed by atoms with E-state index in [0.717, 1.165) is 11.8 Å². The highest BCUT2D eigenvalue weighted by Crippen LogP contribution is 2.51. The van der Waals surface area contributed by atoms with Crippen LogP contribution in [0.1, 0.15) is 36.8 Å². The Hall–Kier alpha value is -2.08. The zero-order valence-electron chi connectivity index (χ0n) is 13.0. The highest BCUT2D eigenvalue weighted by Gasteiger charge is 2.37. The largest absolute Gasteiger partial charge is 0.0853 e. The van der Waals surface area contributed by atoms with Crippen molar-refractivity contribution in [2.45, 2.75) is 32.1 Å². The van der Waals surface area contributed by atoms with Crippen molar-refractivity contribution in [2.75, 3.05) is 0 Å². The van der Waals surface area contributed by atoms with Crippen LogP contribution in [0.25, 0.3) is 21.5 Å². The van der Waals surface area contributed by atoms with Crippen LogP contribution in [0.3, 0.4) is 0 Å². The van der Waals surface area contributed by atoms with E-state index in [9.17, 15) is 0 Å². The van der Waals surface area contributed by atoms with Gasteiger partial charge in [-0.1, -0.05) is 60.2 Å². The van der Waals surface area contributed by atoms with Crippen LogP contribution in [0.2, 0.25) is 0 Å². The Balaban J connectivity index is 1.94. The zero-order chi connectivity index (χ0) is 14.7. The van der Waals surface area contributed by atoms with E-state index >= 15 is 0 Å². The van der Waals surface area contributed by atoms with Crippen molar-refractivity contribution in [3.05, 3.63) is 71.3 Å². The molecule has 0 aromatic heterocycles. The second-order valence-electron chi connectivity index (χ2n) is 6.93. The summed E-state index contributed by atoms with van der Waals surface area (Å²) in [5, 5.41) is 5.85.